The largest absolute Gasteiger partial charge is 0.446 e. The Balaban J connectivity index is 2.23. The topological polar surface area (TPSA) is 58.6 Å². The molecule has 4 nitrogen and oxygen atoms in total. The lowest BCUT2D eigenvalue weighted by molar-refractivity contribution is 0.0688. The first kappa shape index (κ1) is 14.3. The van der Waals surface area contributed by atoms with E-state index in [1.165, 1.54) is 0 Å². The second-order valence-corrected chi connectivity index (χ2v) is 5.17. The first-order chi connectivity index (χ1) is 8.04. The summed E-state index contributed by atoms with van der Waals surface area (Å²) in [6.45, 7) is 4.01. The van der Waals surface area contributed by atoms with Gasteiger partial charge < -0.3 is 15.2 Å². The summed E-state index contributed by atoms with van der Waals surface area (Å²) in [7, 11) is 1.56. The Morgan fingerprint density at radius 1 is 1.47 bits per heavy atom. The molecule has 0 bridgehead atoms. The van der Waals surface area contributed by atoms with E-state index in [4.69, 9.17) is 4.74 Å². The van der Waals surface area contributed by atoms with Gasteiger partial charge in [0.2, 0.25) is 0 Å². The van der Waals surface area contributed by atoms with Crippen molar-refractivity contribution in [1.29, 1.82) is 0 Å². The quantitative estimate of drug-likeness (QED) is 0.779. The smallest absolute Gasteiger partial charge is 0.407 e. The molecule has 1 saturated carbocycles. The maximum atomic E-state index is 11.1. The van der Waals surface area contributed by atoms with Crippen LogP contribution in [0.5, 0.6) is 0 Å². The highest BCUT2D eigenvalue weighted by molar-refractivity contribution is 5.66. The van der Waals surface area contributed by atoms with Gasteiger partial charge in [0.25, 0.3) is 0 Å². The van der Waals surface area contributed by atoms with E-state index in [1.54, 1.807) is 7.05 Å². The molecule has 1 aliphatic carbocycles. The molecule has 1 aliphatic rings. The molecule has 17 heavy (non-hydrogen) atoms. The molecule has 2 N–H and O–H groups in total. The fraction of sp³-hybridized carbons (Fsp3) is 0.923. The monoisotopic (exact) mass is 243 g/mol. The second-order valence-electron chi connectivity index (χ2n) is 5.17. The number of rotatable bonds is 5. The van der Waals surface area contributed by atoms with E-state index in [9.17, 15) is 9.90 Å². The van der Waals surface area contributed by atoms with Crippen molar-refractivity contribution in [3.63, 3.8) is 0 Å². The molecular weight excluding hydrogens is 218 g/mol. The Kier molecular flexibility index (Phi) is 5.75. The van der Waals surface area contributed by atoms with Gasteiger partial charge >= 0.3 is 6.09 Å². The summed E-state index contributed by atoms with van der Waals surface area (Å²) in [6, 6.07) is 0. The summed E-state index contributed by atoms with van der Waals surface area (Å²) in [5.74, 6) is 0.782. The maximum absolute atomic E-state index is 11.1. The van der Waals surface area contributed by atoms with Crippen molar-refractivity contribution in [2.75, 3.05) is 7.05 Å². The third-order valence-electron chi connectivity index (χ3n) is 3.91. The van der Waals surface area contributed by atoms with Crippen molar-refractivity contribution in [3.8, 4) is 0 Å². The van der Waals surface area contributed by atoms with E-state index >= 15 is 0 Å². The van der Waals surface area contributed by atoms with E-state index in [2.05, 4.69) is 12.2 Å². The summed E-state index contributed by atoms with van der Waals surface area (Å²) in [4.78, 5) is 11.1. The van der Waals surface area contributed by atoms with Gasteiger partial charge in [0.1, 0.15) is 6.10 Å². The second kappa shape index (κ2) is 6.84. The van der Waals surface area contributed by atoms with Gasteiger partial charge in [-0.2, -0.15) is 0 Å². The van der Waals surface area contributed by atoms with Gasteiger partial charge in [-0.3, -0.25) is 0 Å². The van der Waals surface area contributed by atoms with Gasteiger partial charge in [0, 0.05) is 7.05 Å². The summed E-state index contributed by atoms with van der Waals surface area (Å²) in [5.41, 5.74) is 0. The van der Waals surface area contributed by atoms with Gasteiger partial charge in [-0.25, -0.2) is 4.79 Å². The molecule has 0 aromatic heterocycles. The zero-order chi connectivity index (χ0) is 12.8. The lowest BCUT2D eigenvalue weighted by Gasteiger charge is -2.22. The summed E-state index contributed by atoms with van der Waals surface area (Å²) < 4.78 is 5.19. The minimum atomic E-state index is -0.370. The molecule has 3 unspecified atom stereocenters. The molecule has 1 amide bonds. The van der Waals surface area contributed by atoms with Crippen LogP contribution in [0.15, 0.2) is 0 Å². The highest BCUT2D eigenvalue weighted by Crippen LogP contribution is 2.31. The average Bonchev–Trinajstić information content (AvgIpc) is 2.71. The zero-order valence-corrected chi connectivity index (χ0v) is 11.1. The van der Waals surface area contributed by atoms with Crippen molar-refractivity contribution in [1.82, 2.24) is 5.32 Å². The van der Waals surface area contributed by atoms with Crippen LogP contribution < -0.4 is 5.32 Å². The minimum absolute atomic E-state index is 0.0755. The number of hydrogen-bond acceptors (Lipinski definition) is 3. The molecule has 0 aliphatic heterocycles. The molecule has 100 valence electrons. The van der Waals surface area contributed by atoms with Gasteiger partial charge in [0.05, 0.1) is 6.10 Å². The van der Waals surface area contributed by atoms with Crippen molar-refractivity contribution in [3.05, 3.63) is 0 Å². The molecule has 4 atom stereocenters. The number of carbonyl (C=O) groups is 1. The Bertz CT molecular complexity index is 245. The molecule has 4 heteroatoms. The van der Waals surface area contributed by atoms with Crippen LogP contribution in [0.1, 0.15) is 46.0 Å². The first-order valence-corrected chi connectivity index (χ1v) is 6.61. The zero-order valence-electron chi connectivity index (χ0n) is 11.1. The Hall–Kier alpha value is -0.770. The molecule has 0 saturated heterocycles. The van der Waals surface area contributed by atoms with Crippen LogP contribution in [0.25, 0.3) is 0 Å². The van der Waals surface area contributed by atoms with Crippen LogP contribution in [0.2, 0.25) is 0 Å². The molecular formula is C13H25NO3. The molecule has 1 fully saturated rings. The number of hydrogen-bond donors (Lipinski definition) is 2. The van der Waals surface area contributed by atoms with Gasteiger partial charge in [-0.1, -0.05) is 13.3 Å². The third kappa shape index (κ3) is 4.54. The van der Waals surface area contributed by atoms with Crippen LogP contribution in [0.3, 0.4) is 0 Å². The van der Waals surface area contributed by atoms with Crippen LogP contribution in [-0.4, -0.2) is 30.5 Å². The highest BCUT2D eigenvalue weighted by Gasteiger charge is 2.26. The Morgan fingerprint density at radius 3 is 2.71 bits per heavy atom. The summed E-state index contributed by atoms with van der Waals surface area (Å²) in [6.07, 6.45) is 4.70. The first-order valence-electron chi connectivity index (χ1n) is 6.61. The van der Waals surface area contributed by atoms with Gasteiger partial charge in [-0.05, 0) is 44.4 Å². The van der Waals surface area contributed by atoms with E-state index in [1.807, 2.05) is 6.92 Å². The number of ether oxygens (including phenoxy) is 1. The Labute approximate surface area is 104 Å². The van der Waals surface area contributed by atoms with E-state index < -0.39 is 0 Å². The molecule has 0 radical (unpaired) electrons. The van der Waals surface area contributed by atoms with Crippen molar-refractivity contribution in [2.45, 2.75) is 58.2 Å². The van der Waals surface area contributed by atoms with Gasteiger partial charge in [-0.15, -0.1) is 0 Å². The molecule has 0 aromatic carbocycles. The lowest BCUT2D eigenvalue weighted by Crippen LogP contribution is -2.28. The standard InChI is InChI=1S/C13H25NO3/c1-9(10(2)17-13(16)14-3)7-8-11-5-4-6-12(11)15/h9-12,15H,4-8H2,1-3H3,(H,14,16)/t9-,10?,11?,12?/m1/s1. The highest BCUT2D eigenvalue weighted by atomic mass is 16.6. The van der Waals surface area contributed by atoms with E-state index in [0.717, 1.165) is 32.1 Å². The number of aliphatic hydroxyl groups excluding tert-OH is 1. The SMILES string of the molecule is CNC(=O)OC(C)[C@H](C)CCC1CCCC1O. The van der Waals surface area contributed by atoms with E-state index in [-0.39, 0.29) is 18.3 Å². The van der Waals surface area contributed by atoms with Crippen molar-refractivity contribution < 1.29 is 14.6 Å². The summed E-state index contributed by atoms with van der Waals surface area (Å²) in [5, 5.41) is 12.2. The Morgan fingerprint density at radius 2 is 2.18 bits per heavy atom. The van der Waals surface area contributed by atoms with Crippen molar-refractivity contribution in [2.24, 2.45) is 11.8 Å². The average molecular weight is 243 g/mol. The van der Waals surface area contributed by atoms with Crippen LogP contribution in [0.4, 0.5) is 4.79 Å². The maximum Gasteiger partial charge on any atom is 0.407 e. The predicted octanol–water partition coefficient (Wildman–Crippen LogP) is 2.31. The molecule has 0 spiro atoms. The number of carbonyl (C=O) groups excluding carboxylic acids is 1. The van der Waals surface area contributed by atoms with Crippen LogP contribution >= 0.6 is 0 Å². The number of amides is 1. The summed E-state index contributed by atoms with van der Waals surface area (Å²) >= 11 is 0. The number of nitrogens with one attached hydrogen (secondary N) is 1. The van der Waals surface area contributed by atoms with Crippen LogP contribution in [0, 0.1) is 11.8 Å². The van der Waals surface area contributed by atoms with Gasteiger partial charge in [0.15, 0.2) is 0 Å². The molecule has 0 aromatic rings. The van der Waals surface area contributed by atoms with E-state index in [0.29, 0.717) is 11.8 Å². The number of aliphatic hydroxyl groups is 1. The van der Waals surface area contributed by atoms with Crippen molar-refractivity contribution >= 4 is 6.09 Å². The molecule has 0 heterocycles. The lowest BCUT2D eigenvalue weighted by atomic mass is 9.92. The normalized spacial score (nSPS) is 27.5. The predicted molar refractivity (Wildman–Crippen MR) is 66.7 cm³/mol. The fourth-order valence-electron chi connectivity index (χ4n) is 2.41. The fourth-order valence-corrected chi connectivity index (χ4v) is 2.41. The van der Waals surface area contributed by atoms with Crippen LogP contribution in [-0.2, 0) is 4.74 Å². The third-order valence-corrected chi connectivity index (χ3v) is 3.91. The number of alkyl carbamates (subject to hydrolysis) is 1. The molecule has 1 rings (SSSR count). The minimum Gasteiger partial charge on any atom is -0.446 e.